The van der Waals surface area contributed by atoms with Crippen LogP contribution in [-0.2, 0) is 0 Å². The van der Waals surface area contributed by atoms with Gasteiger partial charge in [0.2, 0.25) is 0 Å². The van der Waals surface area contributed by atoms with Crippen molar-refractivity contribution in [3.05, 3.63) is 60.9 Å². The van der Waals surface area contributed by atoms with E-state index in [1.807, 2.05) is 0 Å². The normalized spacial score (nSPS) is 10.2. The second-order valence-electron chi connectivity index (χ2n) is 3.94. The molecular weight excluding hydrogens is 256 g/mol. The zero-order chi connectivity index (χ0) is 13.8. The quantitative estimate of drug-likeness (QED) is 0.772. The zero-order valence-electron chi connectivity index (χ0n) is 10.3. The van der Waals surface area contributed by atoms with Crippen molar-refractivity contribution >= 4 is 11.7 Å². The maximum absolute atomic E-state index is 12.1. The van der Waals surface area contributed by atoms with E-state index in [-0.39, 0.29) is 5.91 Å². The van der Waals surface area contributed by atoms with Crippen LogP contribution in [0.15, 0.2) is 55.4 Å². The summed E-state index contributed by atoms with van der Waals surface area (Å²) in [5.74, 6) is 0.823. The third kappa shape index (κ3) is 2.51. The highest BCUT2D eigenvalue weighted by molar-refractivity contribution is 6.03. The van der Waals surface area contributed by atoms with Gasteiger partial charge < -0.3 is 5.32 Å². The summed E-state index contributed by atoms with van der Waals surface area (Å²) < 4.78 is 1.62. The molecule has 0 spiro atoms. The van der Waals surface area contributed by atoms with E-state index in [0.717, 1.165) is 0 Å². The first-order valence-electron chi connectivity index (χ1n) is 5.86. The number of anilines is 1. The van der Waals surface area contributed by atoms with Crippen molar-refractivity contribution in [1.82, 2.24) is 24.7 Å². The van der Waals surface area contributed by atoms with Gasteiger partial charge in [-0.1, -0.05) is 6.07 Å². The highest BCUT2D eigenvalue weighted by atomic mass is 16.1. The second-order valence-corrected chi connectivity index (χ2v) is 3.94. The highest BCUT2D eigenvalue weighted by Gasteiger charge is 2.08. The molecule has 3 aromatic heterocycles. The average molecular weight is 266 g/mol. The molecule has 0 radical (unpaired) electrons. The monoisotopic (exact) mass is 266 g/mol. The first kappa shape index (κ1) is 12.0. The molecule has 0 aliphatic carbocycles. The lowest BCUT2D eigenvalue weighted by molar-refractivity contribution is 0.102. The minimum Gasteiger partial charge on any atom is -0.307 e. The fourth-order valence-electron chi connectivity index (χ4n) is 1.65. The predicted molar refractivity (Wildman–Crippen MR) is 71.3 cm³/mol. The van der Waals surface area contributed by atoms with Gasteiger partial charge in [-0.3, -0.25) is 9.36 Å². The number of carbonyl (C=O) groups excluding carboxylic acids is 1. The van der Waals surface area contributed by atoms with Crippen molar-refractivity contribution in [1.29, 1.82) is 0 Å². The summed E-state index contributed by atoms with van der Waals surface area (Å²) in [5, 5.41) is 10.1. The first-order chi connectivity index (χ1) is 9.83. The maximum Gasteiger partial charge on any atom is 0.257 e. The van der Waals surface area contributed by atoms with Crippen LogP contribution in [-0.4, -0.2) is 30.6 Å². The highest BCUT2D eigenvalue weighted by Crippen LogP contribution is 2.09. The minimum absolute atomic E-state index is 0.250. The van der Waals surface area contributed by atoms with Crippen LogP contribution in [0.1, 0.15) is 10.4 Å². The van der Waals surface area contributed by atoms with Crippen LogP contribution in [0, 0.1) is 0 Å². The van der Waals surface area contributed by atoms with Gasteiger partial charge in [0, 0.05) is 18.0 Å². The number of hydrogen-bond acceptors (Lipinski definition) is 5. The average Bonchev–Trinajstić information content (AvgIpc) is 3.03. The Morgan fingerprint density at radius 3 is 2.65 bits per heavy atom. The van der Waals surface area contributed by atoms with E-state index in [9.17, 15) is 4.79 Å². The van der Waals surface area contributed by atoms with E-state index in [1.165, 1.54) is 12.7 Å². The van der Waals surface area contributed by atoms with Crippen LogP contribution < -0.4 is 5.32 Å². The van der Waals surface area contributed by atoms with Gasteiger partial charge in [0.05, 0.1) is 0 Å². The number of rotatable bonds is 3. The Kier molecular flexibility index (Phi) is 3.15. The van der Waals surface area contributed by atoms with Crippen LogP contribution in [0.25, 0.3) is 5.82 Å². The lowest BCUT2D eigenvalue weighted by Crippen LogP contribution is -2.13. The molecule has 0 fully saturated rings. The fourth-order valence-corrected chi connectivity index (χ4v) is 1.65. The molecule has 0 unspecified atom stereocenters. The molecule has 3 heterocycles. The molecule has 0 saturated carbocycles. The van der Waals surface area contributed by atoms with Crippen LogP contribution in [0.2, 0.25) is 0 Å². The lowest BCUT2D eigenvalue weighted by Gasteiger charge is -2.05. The molecule has 20 heavy (non-hydrogen) atoms. The molecule has 3 rings (SSSR count). The van der Waals surface area contributed by atoms with Gasteiger partial charge >= 0.3 is 0 Å². The Hall–Kier alpha value is -3.09. The van der Waals surface area contributed by atoms with Gasteiger partial charge in [0.1, 0.15) is 24.3 Å². The van der Waals surface area contributed by atoms with Crippen molar-refractivity contribution in [2.45, 2.75) is 0 Å². The summed E-state index contributed by atoms with van der Waals surface area (Å²) in [6.45, 7) is 0. The van der Waals surface area contributed by atoms with Crippen molar-refractivity contribution in [3.63, 3.8) is 0 Å². The second kappa shape index (κ2) is 5.27. The number of amides is 1. The smallest absolute Gasteiger partial charge is 0.257 e. The van der Waals surface area contributed by atoms with E-state index < -0.39 is 0 Å². The minimum atomic E-state index is -0.250. The molecule has 1 amide bonds. The van der Waals surface area contributed by atoms with Crippen LogP contribution in [0.3, 0.4) is 0 Å². The van der Waals surface area contributed by atoms with E-state index in [0.29, 0.717) is 17.2 Å². The third-order valence-electron chi connectivity index (χ3n) is 2.60. The summed E-state index contributed by atoms with van der Waals surface area (Å²) in [4.78, 5) is 20.3. The SMILES string of the molecule is O=C(Nc1ccccn1)c1ccnc(-n2cnnc2)c1. The molecule has 0 saturated heterocycles. The topological polar surface area (TPSA) is 85.6 Å². The van der Waals surface area contributed by atoms with Crippen molar-refractivity contribution in [2.24, 2.45) is 0 Å². The molecule has 7 heteroatoms. The zero-order valence-corrected chi connectivity index (χ0v) is 10.3. The van der Waals surface area contributed by atoms with Crippen molar-refractivity contribution in [2.75, 3.05) is 5.32 Å². The third-order valence-corrected chi connectivity index (χ3v) is 2.60. The molecule has 98 valence electrons. The summed E-state index contributed by atoms with van der Waals surface area (Å²) in [6, 6.07) is 8.59. The summed E-state index contributed by atoms with van der Waals surface area (Å²) in [7, 11) is 0. The fraction of sp³-hybridized carbons (Fsp3) is 0. The molecule has 7 nitrogen and oxygen atoms in total. The molecule has 0 aromatic carbocycles. The number of nitrogens with zero attached hydrogens (tertiary/aromatic N) is 5. The Labute approximate surface area is 114 Å². The largest absolute Gasteiger partial charge is 0.307 e. The molecule has 0 bridgehead atoms. The van der Waals surface area contributed by atoms with Gasteiger partial charge in [-0.15, -0.1) is 10.2 Å². The number of pyridine rings is 2. The van der Waals surface area contributed by atoms with Gasteiger partial charge in [0.25, 0.3) is 5.91 Å². The lowest BCUT2D eigenvalue weighted by atomic mass is 10.2. The summed E-state index contributed by atoms with van der Waals surface area (Å²) in [6.07, 6.45) is 6.21. The molecule has 3 aromatic rings. The number of aromatic nitrogens is 5. The molecule has 0 aliphatic heterocycles. The van der Waals surface area contributed by atoms with Gasteiger partial charge in [-0.05, 0) is 24.3 Å². The molecular formula is C13H10N6O. The molecule has 0 aliphatic rings. The van der Waals surface area contributed by atoms with Crippen molar-refractivity contribution in [3.8, 4) is 5.82 Å². The number of hydrogen-bond donors (Lipinski definition) is 1. The van der Waals surface area contributed by atoms with E-state index >= 15 is 0 Å². The van der Waals surface area contributed by atoms with Gasteiger partial charge in [-0.2, -0.15) is 0 Å². The van der Waals surface area contributed by atoms with Crippen LogP contribution in [0.4, 0.5) is 5.82 Å². The Morgan fingerprint density at radius 1 is 1.05 bits per heavy atom. The summed E-state index contributed by atoms with van der Waals surface area (Å²) >= 11 is 0. The Balaban J connectivity index is 1.84. The van der Waals surface area contributed by atoms with Gasteiger partial charge in [0.15, 0.2) is 0 Å². The Bertz CT molecular complexity index is 711. The standard InChI is InChI=1S/C13H10N6O/c20-13(18-11-3-1-2-5-14-11)10-4-6-15-12(7-10)19-8-16-17-9-19/h1-9H,(H,14,18,20). The van der Waals surface area contributed by atoms with Crippen molar-refractivity contribution < 1.29 is 4.79 Å². The first-order valence-corrected chi connectivity index (χ1v) is 5.86. The molecule has 1 N–H and O–H groups in total. The van der Waals surface area contributed by atoms with E-state index in [1.54, 1.807) is 47.3 Å². The van der Waals surface area contributed by atoms with Crippen LogP contribution >= 0.6 is 0 Å². The summed E-state index contributed by atoms with van der Waals surface area (Å²) in [5.41, 5.74) is 0.481. The number of carbonyl (C=O) groups is 1. The van der Waals surface area contributed by atoms with Gasteiger partial charge in [-0.25, -0.2) is 9.97 Å². The number of nitrogens with one attached hydrogen (secondary N) is 1. The van der Waals surface area contributed by atoms with E-state index in [4.69, 9.17) is 0 Å². The maximum atomic E-state index is 12.1. The molecule has 0 atom stereocenters. The predicted octanol–water partition coefficient (Wildman–Crippen LogP) is 1.31. The van der Waals surface area contributed by atoms with E-state index in [2.05, 4.69) is 25.5 Å². The van der Waals surface area contributed by atoms with Crippen LogP contribution in [0.5, 0.6) is 0 Å². The Morgan fingerprint density at radius 2 is 1.90 bits per heavy atom.